The highest BCUT2D eigenvalue weighted by atomic mass is 16.3. The SMILES string of the molecule is Cn1ncnc1CC(O)C1CC2CCC1C2. The zero-order valence-electron chi connectivity index (χ0n) is 9.71. The Balaban J connectivity index is 1.66. The van der Waals surface area contributed by atoms with Gasteiger partial charge in [0.15, 0.2) is 0 Å². The Hall–Kier alpha value is -0.900. The first-order valence-electron chi connectivity index (χ1n) is 6.25. The minimum absolute atomic E-state index is 0.224. The number of hydrogen-bond acceptors (Lipinski definition) is 3. The normalized spacial score (nSPS) is 34.5. The van der Waals surface area contributed by atoms with Gasteiger partial charge in [0.25, 0.3) is 0 Å². The number of aliphatic hydroxyl groups is 1. The molecule has 4 heteroatoms. The lowest BCUT2D eigenvalue weighted by Crippen LogP contribution is -2.28. The summed E-state index contributed by atoms with van der Waals surface area (Å²) in [5, 5.41) is 14.3. The summed E-state index contributed by atoms with van der Waals surface area (Å²) in [6.45, 7) is 0. The number of rotatable bonds is 3. The van der Waals surface area contributed by atoms with Crippen molar-refractivity contribution in [2.24, 2.45) is 24.8 Å². The zero-order valence-corrected chi connectivity index (χ0v) is 9.71. The summed E-state index contributed by atoms with van der Waals surface area (Å²) >= 11 is 0. The molecule has 0 saturated heterocycles. The van der Waals surface area contributed by atoms with E-state index in [9.17, 15) is 5.11 Å². The van der Waals surface area contributed by atoms with Gasteiger partial charge in [0.1, 0.15) is 12.2 Å². The molecule has 0 amide bonds. The van der Waals surface area contributed by atoms with Crippen molar-refractivity contribution in [3.8, 4) is 0 Å². The average Bonchev–Trinajstić information content (AvgIpc) is 2.95. The van der Waals surface area contributed by atoms with Crippen LogP contribution in [0.3, 0.4) is 0 Å². The van der Waals surface area contributed by atoms with Crippen molar-refractivity contribution in [3.63, 3.8) is 0 Å². The fourth-order valence-corrected chi connectivity index (χ4v) is 3.61. The van der Waals surface area contributed by atoms with Crippen molar-refractivity contribution in [2.75, 3.05) is 0 Å². The molecule has 16 heavy (non-hydrogen) atoms. The molecule has 0 aliphatic heterocycles. The Morgan fingerprint density at radius 1 is 1.50 bits per heavy atom. The van der Waals surface area contributed by atoms with Gasteiger partial charge in [-0.25, -0.2) is 4.98 Å². The van der Waals surface area contributed by atoms with Crippen LogP contribution in [0.1, 0.15) is 31.5 Å². The van der Waals surface area contributed by atoms with Gasteiger partial charge in [0.2, 0.25) is 0 Å². The molecule has 0 aromatic carbocycles. The smallest absolute Gasteiger partial charge is 0.138 e. The van der Waals surface area contributed by atoms with E-state index in [1.807, 2.05) is 7.05 Å². The maximum Gasteiger partial charge on any atom is 0.138 e. The fourth-order valence-electron chi connectivity index (χ4n) is 3.61. The third-order valence-corrected chi connectivity index (χ3v) is 4.48. The average molecular weight is 221 g/mol. The Morgan fingerprint density at radius 3 is 2.94 bits per heavy atom. The highest BCUT2D eigenvalue weighted by molar-refractivity contribution is 4.96. The Labute approximate surface area is 95.7 Å². The minimum atomic E-state index is -0.224. The molecule has 1 aromatic rings. The van der Waals surface area contributed by atoms with Crippen LogP contribution in [0.25, 0.3) is 0 Å². The maximum atomic E-state index is 10.3. The van der Waals surface area contributed by atoms with E-state index in [-0.39, 0.29) is 6.10 Å². The van der Waals surface area contributed by atoms with Gasteiger partial charge < -0.3 is 5.11 Å². The number of aryl methyl sites for hydroxylation is 1. The van der Waals surface area contributed by atoms with Gasteiger partial charge >= 0.3 is 0 Å². The van der Waals surface area contributed by atoms with Crippen LogP contribution in [0.5, 0.6) is 0 Å². The summed E-state index contributed by atoms with van der Waals surface area (Å²) in [6.07, 6.45) is 7.28. The molecule has 2 saturated carbocycles. The molecule has 1 N–H and O–H groups in total. The van der Waals surface area contributed by atoms with Gasteiger partial charge in [-0.2, -0.15) is 5.10 Å². The zero-order chi connectivity index (χ0) is 11.1. The third-order valence-electron chi connectivity index (χ3n) is 4.48. The van der Waals surface area contributed by atoms with Crippen LogP contribution in [0.15, 0.2) is 6.33 Å². The van der Waals surface area contributed by atoms with Crippen LogP contribution in [-0.2, 0) is 13.5 Å². The van der Waals surface area contributed by atoms with Crippen LogP contribution in [0, 0.1) is 17.8 Å². The predicted octanol–water partition coefficient (Wildman–Crippen LogP) is 1.15. The quantitative estimate of drug-likeness (QED) is 0.833. The van der Waals surface area contributed by atoms with Crippen molar-refractivity contribution in [3.05, 3.63) is 12.2 Å². The molecule has 4 nitrogen and oxygen atoms in total. The second-order valence-electron chi connectivity index (χ2n) is 5.41. The predicted molar refractivity (Wildman–Crippen MR) is 59.7 cm³/mol. The van der Waals surface area contributed by atoms with Crippen molar-refractivity contribution >= 4 is 0 Å². The van der Waals surface area contributed by atoms with E-state index in [2.05, 4.69) is 10.1 Å². The first-order valence-corrected chi connectivity index (χ1v) is 6.25. The maximum absolute atomic E-state index is 10.3. The molecule has 0 radical (unpaired) electrons. The van der Waals surface area contributed by atoms with Gasteiger partial charge in [-0.1, -0.05) is 6.42 Å². The summed E-state index contributed by atoms with van der Waals surface area (Å²) in [6, 6.07) is 0. The van der Waals surface area contributed by atoms with Crippen molar-refractivity contribution in [2.45, 2.75) is 38.2 Å². The van der Waals surface area contributed by atoms with Gasteiger partial charge in [-0.05, 0) is 37.0 Å². The Morgan fingerprint density at radius 2 is 2.38 bits per heavy atom. The number of nitrogens with zero attached hydrogens (tertiary/aromatic N) is 3. The molecule has 2 bridgehead atoms. The largest absolute Gasteiger partial charge is 0.392 e. The number of aromatic nitrogens is 3. The number of fused-ring (bicyclic) bond motifs is 2. The minimum Gasteiger partial charge on any atom is -0.392 e. The molecule has 2 aliphatic rings. The monoisotopic (exact) mass is 221 g/mol. The van der Waals surface area contributed by atoms with E-state index in [4.69, 9.17) is 0 Å². The summed E-state index contributed by atoms with van der Waals surface area (Å²) in [4.78, 5) is 4.18. The van der Waals surface area contributed by atoms with Crippen LogP contribution in [0.2, 0.25) is 0 Å². The summed E-state index contributed by atoms with van der Waals surface area (Å²) in [5.74, 6) is 3.07. The molecular formula is C12H19N3O. The molecule has 1 heterocycles. The molecule has 3 rings (SSSR count). The third kappa shape index (κ3) is 1.65. The second kappa shape index (κ2) is 3.84. The van der Waals surface area contributed by atoms with E-state index in [1.54, 1.807) is 11.0 Å². The van der Waals surface area contributed by atoms with Gasteiger partial charge in [0, 0.05) is 13.5 Å². The molecule has 4 atom stereocenters. The van der Waals surface area contributed by atoms with E-state index >= 15 is 0 Å². The van der Waals surface area contributed by atoms with Gasteiger partial charge in [0.05, 0.1) is 6.10 Å². The van der Waals surface area contributed by atoms with E-state index < -0.39 is 0 Å². The first-order chi connectivity index (χ1) is 7.74. The van der Waals surface area contributed by atoms with Crippen LogP contribution in [0.4, 0.5) is 0 Å². The lowest BCUT2D eigenvalue weighted by molar-refractivity contribution is 0.0727. The molecular weight excluding hydrogens is 202 g/mol. The molecule has 88 valence electrons. The molecule has 1 aromatic heterocycles. The number of aliphatic hydroxyl groups excluding tert-OH is 1. The fraction of sp³-hybridized carbons (Fsp3) is 0.833. The molecule has 2 aliphatic carbocycles. The van der Waals surface area contributed by atoms with Gasteiger partial charge in [-0.15, -0.1) is 0 Å². The van der Waals surface area contributed by atoms with E-state index in [1.165, 1.54) is 25.7 Å². The Bertz CT molecular complexity index is 376. The van der Waals surface area contributed by atoms with Crippen LogP contribution in [-0.4, -0.2) is 26.0 Å². The Kier molecular flexibility index (Phi) is 2.46. The van der Waals surface area contributed by atoms with Gasteiger partial charge in [-0.3, -0.25) is 4.68 Å². The summed E-state index contributed by atoms with van der Waals surface area (Å²) < 4.78 is 1.76. The van der Waals surface area contributed by atoms with Crippen molar-refractivity contribution < 1.29 is 5.11 Å². The molecule has 4 unspecified atom stereocenters. The topological polar surface area (TPSA) is 50.9 Å². The van der Waals surface area contributed by atoms with Crippen molar-refractivity contribution in [1.29, 1.82) is 0 Å². The highest BCUT2D eigenvalue weighted by Crippen LogP contribution is 2.49. The van der Waals surface area contributed by atoms with Crippen LogP contribution >= 0.6 is 0 Å². The molecule has 0 spiro atoms. The lowest BCUT2D eigenvalue weighted by atomic mass is 9.83. The molecule has 2 fully saturated rings. The summed E-state index contributed by atoms with van der Waals surface area (Å²) in [5.41, 5.74) is 0. The number of hydrogen-bond donors (Lipinski definition) is 1. The van der Waals surface area contributed by atoms with Crippen molar-refractivity contribution in [1.82, 2.24) is 14.8 Å². The standard InChI is InChI=1S/C12H19N3O/c1-15-12(13-7-14-15)6-11(16)10-5-8-2-3-9(10)4-8/h7-11,16H,2-6H2,1H3. The lowest BCUT2D eigenvalue weighted by Gasteiger charge is -2.26. The van der Waals surface area contributed by atoms with Crippen LogP contribution < -0.4 is 0 Å². The van der Waals surface area contributed by atoms with E-state index in [0.717, 1.165) is 17.7 Å². The highest BCUT2D eigenvalue weighted by Gasteiger charge is 2.42. The summed E-state index contributed by atoms with van der Waals surface area (Å²) in [7, 11) is 1.88. The second-order valence-corrected chi connectivity index (χ2v) is 5.41. The first kappa shape index (κ1) is 10.3. The van der Waals surface area contributed by atoms with E-state index in [0.29, 0.717) is 12.3 Å².